The summed E-state index contributed by atoms with van der Waals surface area (Å²) in [5.74, 6) is 0.784. The summed E-state index contributed by atoms with van der Waals surface area (Å²) < 4.78 is 10.5. The minimum absolute atomic E-state index is 0.154. The van der Waals surface area contributed by atoms with E-state index in [0.717, 1.165) is 5.69 Å². The van der Waals surface area contributed by atoms with Crippen LogP contribution in [0, 0.1) is 6.92 Å². The van der Waals surface area contributed by atoms with E-state index >= 15 is 0 Å². The number of aromatic nitrogens is 1. The van der Waals surface area contributed by atoms with Crippen LogP contribution in [0.4, 0.5) is 10.8 Å². The number of hydrogen-bond donors (Lipinski definition) is 2. The van der Waals surface area contributed by atoms with E-state index in [1.165, 1.54) is 23.1 Å². The number of nitrogens with one attached hydrogen (secondary N) is 2. The Morgan fingerprint density at radius 1 is 1.21 bits per heavy atom. The highest BCUT2D eigenvalue weighted by atomic mass is 35.5. The number of aryl methyl sites for hydroxylation is 1. The molecule has 4 rings (SSSR count). The molecule has 2 aromatic carbocycles. The maximum absolute atomic E-state index is 12.2. The first-order valence-electron chi connectivity index (χ1n) is 8.31. The summed E-state index contributed by atoms with van der Waals surface area (Å²) in [6.45, 7) is 2.18. The second-order valence-corrected chi connectivity index (χ2v) is 7.32. The van der Waals surface area contributed by atoms with Gasteiger partial charge in [-0.2, -0.15) is 5.10 Å². The molecule has 142 valence electrons. The molecule has 0 unspecified atom stereocenters. The van der Waals surface area contributed by atoms with Gasteiger partial charge < -0.3 is 14.8 Å². The Bertz CT molecular complexity index is 1050. The Morgan fingerprint density at radius 3 is 2.82 bits per heavy atom. The SMILES string of the molecule is Cc1ccc(Nc2nc(Cl)c(/C=N/NC(=O)c3ccc4c(c3)OCO4)s2)cc1. The number of carbonyl (C=O) groups is 1. The number of benzene rings is 2. The number of anilines is 2. The highest BCUT2D eigenvalue weighted by Crippen LogP contribution is 2.32. The number of hydrazone groups is 1. The fraction of sp³-hybridized carbons (Fsp3) is 0.105. The molecule has 0 saturated heterocycles. The van der Waals surface area contributed by atoms with E-state index in [1.54, 1.807) is 18.2 Å². The van der Waals surface area contributed by atoms with Crippen molar-refractivity contribution in [2.24, 2.45) is 5.10 Å². The second kappa shape index (κ2) is 7.87. The van der Waals surface area contributed by atoms with Crippen molar-refractivity contribution in [3.05, 3.63) is 63.6 Å². The van der Waals surface area contributed by atoms with E-state index in [2.05, 4.69) is 20.8 Å². The molecule has 1 amide bonds. The number of halogens is 1. The minimum Gasteiger partial charge on any atom is -0.454 e. The zero-order chi connectivity index (χ0) is 19.5. The van der Waals surface area contributed by atoms with E-state index in [9.17, 15) is 4.79 Å². The third-order valence-corrected chi connectivity index (χ3v) is 5.20. The van der Waals surface area contributed by atoms with Crippen LogP contribution in [0.25, 0.3) is 0 Å². The fourth-order valence-corrected chi connectivity index (χ4v) is 3.51. The van der Waals surface area contributed by atoms with Gasteiger partial charge in [-0.15, -0.1) is 0 Å². The van der Waals surface area contributed by atoms with Crippen LogP contribution in [-0.4, -0.2) is 23.9 Å². The van der Waals surface area contributed by atoms with Crippen LogP contribution in [0.15, 0.2) is 47.6 Å². The van der Waals surface area contributed by atoms with Gasteiger partial charge in [0.15, 0.2) is 21.8 Å². The maximum Gasteiger partial charge on any atom is 0.271 e. The van der Waals surface area contributed by atoms with Crippen LogP contribution in [0.2, 0.25) is 5.15 Å². The fourth-order valence-electron chi connectivity index (χ4n) is 2.46. The molecule has 3 aromatic rings. The van der Waals surface area contributed by atoms with Crippen molar-refractivity contribution in [3.8, 4) is 11.5 Å². The summed E-state index contributed by atoms with van der Waals surface area (Å²) in [6, 6.07) is 12.9. The van der Waals surface area contributed by atoms with Gasteiger partial charge in [0.2, 0.25) is 6.79 Å². The zero-order valence-corrected chi connectivity index (χ0v) is 16.3. The second-order valence-electron chi connectivity index (χ2n) is 5.93. The highest BCUT2D eigenvalue weighted by Gasteiger charge is 2.16. The summed E-state index contributed by atoms with van der Waals surface area (Å²) in [4.78, 5) is 17.1. The van der Waals surface area contributed by atoms with Gasteiger partial charge in [0.1, 0.15) is 0 Å². The molecule has 0 aliphatic carbocycles. The predicted molar refractivity (Wildman–Crippen MR) is 109 cm³/mol. The maximum atomic E-state index is 12.2. The number of hydrogen-bond acceptors (Lipinski definition) is 7. The summed E-state index contributed by atoms with van der Waals surface area (Å²) >= 11 is 7.49. The van der Waals surface area contributed by atoms with Gasteiger partial charge in [0.05, 0.1) is 11.1 Å². The first-order chi connectivity index (χ1) is 13.6. The average molecular weight is 415 g/mol. The van der Waals surface area contributed by atoms with Gasteiger partial charge in [0.25, 0.3) is 5.91 Å². The van der Waals surface area contributed by atoms with E-state index in [0.29, 0.717) is 32.2 Å². The standard InChI is InChI=1S/C19H15ClN4O3S/c1-11-2-5-13(6-3-11)22-19-23-17(20)16(28-19)9-21-24-18(25)12-4-7-14-15(8-12)27-10-26-14/h2-9H,10H2,1H3,(H,22,23)(H,24,25)/b21-9+. The number of amides is 1. The first kappa shape index (κ1) is 18.3. The number of thiazole rings is 1. The first-order valence-corrected chi connectivity index (χ1v) is 9.51. The summed E-state index contributed by atoms with van der Waals surface area (Å²) in [6.07, 6.45) is 1.46. The van der Waals surface area contributed by atoms with Crippen molar-refractivity contribution in [3.63, 3.8) is 0 Å². The summed E-state index contributed by atoms with van der Waals surface area (Å²) in [5.41, 5.74) is 4.97. The molecule has 0 bridgehead atoms. The number of rotatable bonds is 5. The monoisotopic (exact) mass is 414 g/mol. The Labute approximate surface area is 170 Å². The van der Waals surface area contributed by atoms with Crippen molar-refractivity contribution in [1.29, 1.82) is 0 Å². The molecule has 1 aromatic heterocycles. The van der Waals surface area contributed by atoms with Crippen molar-refractivity contribution < 1.29 is 14.3 Å². The van der Waals surface area contributed by atoms with E-state index < -0.39 is 0 Å². The van der Waals surface area contributed by atoms with Crippen molar-refractivity contribution >= 4 is 45.9 Å². The Balaban J connectivity index is 1.40. The Hall–Kier alpha value is -3.10. The van der Waals surface area contributed by atoms with Gasteiger partial charge in [0, 0.05) is 11.3 Å². The molecule has 28 heavy (non-hydrogen) atoms. The molecule has 0 atom stereocenters. The van der Waals surface area contributed by atoms with Crippen LogP contribution < -0.4 is 20.2 Å². The molecule has 7 nitrogen and oxygen atoms in total. The molecule has 1 aliphatic heterocycles. The number of carbonyl (C=O) groups excluding carboxylic acids is 1. The Morgan fingerprint density at radius 2 is 2.00 bits per heavy atom. The molecule has 2 heterocycles. The van der Waals surface area contributed by atoms with Gasteiger partial charge >= 0.3 is 0 Å². The normalized spacial score (nSPS) is 12.4. The van der Waals surface area contributed by atoms with Crippen molar-refractivity contribution in [1.82, 2.24) is 10.4 Å². The molecule has 0 spiro atoms. The van der Waals surface area contributed by atoms with Gasteiger partial charge in [-0.1, -0.05) is 40.6 Å². The van der Waals surface area contributed by atoms with Gasteiger partial charge in [-0.05, 0) is 37.3 Å². The molecular formula is C19H15ClN4O3S. The zero-order valence-electron chi connectivity index (χ0n) is 14.7. The average Bonchev–Trinajstić information content (AvgIpc) is 3.29. The molecular weight excluding hydrogens is 400 g/mol. The summed E-state index contributed by atoms with van der Waals surface area (Å²) in [5, 5.41) is 8.10. The lowest BCUT2D eigenvalue weighted by atomic mass is 10.2. The Kier molecular flexibility index (Phi) is 5.14. The molecule has 0 fully saturated rings. The minimum atomic E-state index is -0.367. The highest BCUT2D eigenvalue weighted by molar-refractivity contribution is 7.17. The van der Waals surface area contributed by atoms with E-state index in [1.807, 2.05) is 31.2 Å². The lowest BCUT2D eigenvalue weighted by molar-refractivity contribution is 0.0954. The lowest BCUT2D eigenvalue weighted by Gasteiger charge is -2.02. The third-order valence-electron chi connectivity index (χ3n) is 3.90. The number of ether oxygens (including phenoxy) is 2. The van der Waals surface area contributed by atoms with Crippen LogP contribution in [0.1, 0.15) is 20.8 Å². The number of fused-ring (bicyclic) bond motifs is 1. The molecule has 0 radical (unpaired) electrons. The molecule has 0 saturated carbocycles. The van der Waals surface area contributed by atoms with Crippen LogP contribution in [-0.2, 0) is 0 Å². The lowest BCUT2D eigenvalue weighted by Crippen LogP contribution is -2.17. The smallest absolute Gasteiger partial charge is 0.271 e. The number of nitrogens with zero attached hydrogens (tertiary/aromatic N) is 2. The van der Waals surface area contributed by atoms with Crippen molar-refractivity contribution in [2.45, 2.75) is 6.92 Å². The predicted octanol–water partition coefficient (Wildman–Crippen LogP) is 4.34. The molecule has 1 aliphatic rings. The van der Waals surface area contributed by atoms with Crippen LogP contribution >= 0.6 is 22.9 Å². The molecule has 2 N–H and O–H groups in total. The summed E-state index contributed by atoms with van der Waals surface area (Å²) in [7, 11) is 0. The van der Waals surface area contributed by atoms with Crippen LogP contribution in [0.3, 0.4) is 0 Å². The quantitative estimate of drug-likeness (QED) is 0.479. The third kappa shape index (κ3) is 4.08. The van der Waals surface area contributed by atoms with E-state index in [-0.39, 0.29) is 12.7 Å². The van der Waals surface area contributed by atoms with Crippen LogP contribution in [0.5, 0.6) is 11.5 Å². The van der Waals surface area contributed by atoms with Crippen molar-refractivity contribution in [2.75, 3.05) is 12.1 Å². The van der Waals surface area contributed by atoms with E-state index in [4.69, 9.17) is 21.1 Å². The molecule has 9 heteroatoms. The van der Waals surface area contributed by atoms with Gasteiger partial charge in [-0.3, -0.25) is 4.79 Å². The van der Waals surface area contributed by atoms with Gasteiger partial charge in [-0.25, -0.2) is 10.4 Å². The largest absolute Gasteiger partial charge is 0.454 e. The topological polar surface area (TPSA) is 84.8 Å².